The van der Waals surface area contributed by atoms with Gasteiger partial charge in [-0.3, -0.25) is 14.8 Å². The highest BCUT2D eigenvalue weighted by Crippen LogP contribution is 2.29. The van der Waals surface area contributed by atoms with Gasteiger partial charge in [0, 0.05) is 51.6 Å². The fraction of sp³-hybridized carbons (Fsp3) is 0.200. The summed E-state index contributed by atoms with van der Waals surface area (Å²) in [6.45, 7) is 2.06. The van der Waals surface area contributed by atoms with Gasteiger partial charge in [0.2, 0.25) is 0 Å². The van der Waals surface area contributed by atoms with Crippen molar-refractivity contribution in [3.8, 4) is 0 Å². The maximum absolute atomic E-state index is 12.5. The second kappa shape index (κ2) is 16.9. The van der Waals surface area contributed by atoms with Gasteiger partial charge in [0.05, 0.1) is 38.7 Å². The van der Waals surface area contributed by atoms with Gasteiger partial charge in [0.1, 0.15) is 0 Å². The molecule has 1 aliphatic rings. The van der Waals surface area contributed by atoms with Crippen LogP contribution >= 0.6 is 70.5 Å². The summed E-state index contributed by atoms with van der Waals surface area (Å²) >= 11 is 13.5. The minimum atomic E-state index is -0.318. The molecule has 0 aliphatic carbocycles. The summed E-state index contributed by atoms with van der Waals surface area (Å²) in [7, 11) is 1.37. The molecule has 0 unspecified atom stereocenters. The predicted molar refractivity (Wildman–Crippen MR) is 203 cm³/mol. The van der Waals surface area contributed by atoms with Gasteiger partial charge < -0.3 is 15.4 Å². The summed E-state index contributed by atoms with van der Waals surface area (Å²) in [6.07, 6.45) is 1.65. The number of carbonyl (C=O) groups excluding carboxylic acids is 2. The molecule has 0 saturated heterocycles. The van der Waals surface area contributed by atoms with Crippen LogP contribution in [0.15, 0.2) is 92.5 Å². The molecule has 7 rings (SSSR count). The number of nitrogens with zero attached hydrogens (tertiary/aromatic N) is 3. The van der Waals surface area contributed by atoms with Crippen LogP contribution in [0.2, 0.25) is 0 Å². The molecule has 2 N–H and O–H groups in total. The SMILES string of the molecule is COC(=O)c1c(Br)cccc1CBr.NCCc1ccc2sccc2n1.O=C1c2c(Br)cccc2CN1CCc1ccc2sccc2n1. The Morgan fingerprint density at radius 2 is 1.49 bits per heavy atom. The lowest BCUT2D eigenvalue weighted by atomic mass is 10.1. The monoisotopic (exact) mass is 856 g/mol. The lowest BCUT2D eigenvalue weighted by Gasteiger charge is -2.15. The number of pyridine rings is 2. The molecule has 0 spiro atoms. The topological polar surface area (TPSA) is 98.4 Å². The summed E-state index contributed by atoms with van der Waals surface area (Å²) in [6, 6.07) is 23.9. The zero-order valence-electron chi connectivity index (χ0n) is 25.4. The smallest absolute Gasteiger partial charge is 0.339 e. The summed E-state index contributed by atoms with van der Waals surface area (Å²) in [5.74, 6) is -0.207. The fourth-order valence-electron chi connectivity index (χ4n) is 5.03. The predicted octanol–water partition coefficient (Wildman–Crippen LogP) is 9.19. The Morgan fingerprint density at radius 1 is 0.872 bits per heavy atom. The standard InChI is InChI=1S/C17H13BrN2OS.C9H8Br2O2.C9H10N2S/c18-13-3-1-2-11-10-20(17(21)16(11)13)8-6-12-4-5-15-14(19-12)7-9-22-15;1-13-9(12)8-6(5-10)3-2-4-7(8)11;10-5-3-7-1-2-9-8(11-7)4-6-12-9/h1-5,7,9H,6,8,10H2;2-4H,5H2,1H3;1-2,4,6H,3,5,10H2. The van der Waals surface area contributed by atoms with Crippen molar-refractivity contribution in [1.82, 2.24) is 14.9 Å². The molecule has 47 heavy (non-hydrogen) atoms. The van der Waals surface area contributed by atoms with Crippen LogP contribution in [0.5, 0.6) is 0 Å². The molecule has 2 aromatic carbocycles. The third-order valence-corrected chi connectivity index (χ3v) is 11.0. The van der Waals surface area contributed by atoms with Gasteiger partial charge in [-0.15, -0.1) is 22.7 Å². The lowest BCUT2D eigenvalue weighted by Crippen LogP contribution is -2.26. The van der Waals surface area contributed by atoms with E-state index in [1.807, 2.05) is 59.5 Å². The van der Waals surface area contributed by atoms with Crippen LogP contribution in [0.25, 0.3) is 20.4 Å². The third-order valence-electron chi connectivity index (χ3n) is 7.36. The number of methoxy groups -OCH3 is 1. The van der Waals surface area contributed by atoms with E-state index in [1.165, 1.54) is 16.5 Å². The van der Waals surface area contributed by atoms with E-state index in [9.17, 15) is 9.59 Å². The first-order valence-corrected chi connectivity index (χ1v) is 19.1. The molecule has 0 bridgehead atoms. The Morgan fingerprint density at radius 3 is 2.09 bits per heavy atom. The molecule has 1 amide bonds. The number of benzene rings is 2. The second-order valence-electron chi connectivity index (χ2n) is 10.4. The minimum Gasteiger partial charge on any atom is -0.465 e. The van der Waals surface area contributed by atoms with Crippen molar-refractivity contribution >= 4 is 103 Å². The van der Waals surface area contributed by atoms with E-state index in [0.29, 0.717) is 30.5 Å². The number of alkyl halides is 1. The largest absolute Gasteiger partial charge is 0.465 e. The molecular formula is C35H31Br3N4O3S2. The summed E-state index contributed by atoms with van der Waals surface area (Å²) in [5.41, 5.74) is 13.1. The van der Waals surface area contributed by atoms with Crippen molar-refractivity contribution in [3.63, 3.8) is 0 Å². The van der Waals surface area contributed by atoms with Crippen LogP contribution in [0.1, 0.15) is 43.2 Å². The number of halogens is 3. The van der Waals surface area contributed by atoms with E-state index in [0.717, 1.165) is 60.9 Å². The van der Waals surface area contributed by atoms with Gasteiger partial charge in [0.15, 0.2) is 0 Å². The molecular weight excluding hydrogens is 828 g/mol. The van der Waals surface area contributed by atoms with Gasteiger partial charge in [0.25, 0.3) is 5.91 Å². The van der Waals surface area contributed by atoms with Crippen molar-refractivity contribution in [2.45, 2.75) is 24.7 Å². The van der Waals surface area contributed by atoms with Crippen LogP contribution in [-0.4, -0.2) is 46.9 Å². The number of aromatic nitrogens is 2. The molecule has 0 saturated carbocycles. The maximum atomic E-state index is 12.5. The number of thiophene rings is 2. The maximum Gasteiger partial charge on any atom is 0.339 e. The van der Waals surface area contributed by atoms with Crippen LogP contribution < -0.4 is 5.73 Å². The van der Waals surface area contributed by atoms with Crippen LogP contribution in [0.4, 0.5) is 0 Å². The van der Waals surface area contributed by atoms with Crippen LogP contribution in [0.3, 0.4) is 0 Å². The molecule has 1 aliphatic heterocycles. The molecule has 5 heterocycles. The molecule has 6 aromatic rings. The summed E-state index contributed by atoms with van der Waals surface area (Å²) in [4.78, 5) is 34.8. The molecule has 0 atom stereocenters. The first-order valence-electron chi connectivity index (χ1n) is 14.7. The molecule has 4 aromatic heterocycles. The highest BCUT2D eigenvalue weighted by Gasteiger charge is 2.28. The Balaban J connectivity index is 0.000000149. The van der Waals surface area contributed by atoms with E-state index < -0.39 is 0 Å². The first kappa shape index (κ1) is 35.3. The van der Waals surface area contributed by atoms with Crippen LogP contribution in [0, 0.1) is 0 Å². The number of ether oxygens (including phenoxy) is 1. The molecule has 242 valence electrons. The van der Waals surface area contributed by atoms with Crippen molar-refractivity contribution in [2.24, 2.45) is 5.73 Å². The zero-order chi connectivity index (χ0) is 33.3. The van der Waals surface area contributed by atoms with Gasteiger partial charge in [-0.2, -0.15) is 0 Å². The van der Waals surface area contributed by atoms with E-state index in [1.54, 1.807) is 22.7 Å². The van der Waals surface area contributed by atoms with Crippen molar-refractivity contribution in [3.05, 3.63) is 126 Å². The van der Waals surface area contributed by atoms with Crippen LogP contribution in [-0.2, 0) is 29.5 Å². The quantitative estimate of drug-likeness (QED) is 0.127. The molecule has 7 nitrogen and oxygen atoms in total. The number of amides is 1. The second-order valence-corrected chi connectivity index (χ2v) is 14.6. The van der Waals surface area contributed by atoms with Gasteiger partial charge in [-0.25, -0.2) is 4.79 Å². The summed E-state index contributed by atoms with van der Waals surface area (Å²) in [5, 5.41) is 4.75. The number of esters is 1. The Bertz CT molecular complexity index is 2010. The zero-order valence-corrected chi connectivity index (χ0v) is 31.8. The average Bonchev–Trinajstić information content (AvgIpc) is 3.83. The Labute approximate surface area is 306 Å². The molecule has 12 heteroatoms. The lowest BCUT2D eigenvalue weighted by molar-refractivity contribution is 0.0598. The number of carbonyl (C=O) groups is 2. The van der Waals surface area contributed by atoms with E-state index in [4.69, 9.17) is 5.73 Å². The Hall–Kier alpha value is -3.00. The number of fused-ring (bicyclic) bond motifs is 3. The number of rotatable bonds is 7. The average molecular weight is 860 g/mol. The van der Waals surface area contributed by atoms with Gasteiger partial charge in [-0.05, 0) is 109 Å². The molecule has 0 fully saturated rings. The number of nitrogens with two attached hydrogens (primary N) is 1. The van der Waals surface area contributed by atoms with Crippen molar-refractivity contribution < 1.29 is 14.3 Å². The third kappa shape index (κ3) is 8.73. The Kier molecular flexibility index (Phi) is 12.7. The molecule has 0 radical (unpaired) electrons. The van der Waals surface area contributed by atoms with E-state index in [-0.39, 0.29) is 11.9 Å². The first-order chi connectivity index (χ1) is 22.8. The fourth-order valence-corrected chi connectivity index (χ4v) is 8.10. The van der Waals surface area contributed by atoms with Crippen molar-refractivity contribution in [2.75, 3.05) is 20.2 Å². The minimum absolute atomic E-state index is 0.110. The van der Waals surface area contributed by atoms with Crippen molar-refractivity contribution in [1.29, 1.82) is 0 Å². The van der Waals surface area contributed by atoms with E-state index >= 15 is 0 Å². The number of hydrogen-bond donors (Lipinski definition) is 1. The number of hydrogen-bond acceptors (Lipinski definition) is 8. The van der Waals surface area contributed by atoms with Gasteiger partial charge >= 0.3 is 5.97 Å². The highest BCUT2D eigenvalue weighted by molar-refractivity contribution is 9.11. The normalized spacial score (nSPS) is 11.9. The summed E-state index contributed by atoms with van der Waals surface area (Å²) < 4.78 is 8.77. The van der Waals surface area contributed by atoms with E-state index in [2.05, 4.69) is 91.5 Å². The van der Waals surface area contributed by atoms with Gasteiger partial charge in [-0.1, -0.05) is 40.2 Å². The highest BCUT2D eigenvalue weighted by atomic mass is 79.9.